The van der Waals surface area contributed by atoms with Crippen molar-refractivity contribution in [2.24, 2.45) is 0 Å². The van der Waals surface area contributed by atoms with Gasteiger partial charge < -0.3 is 20.5 Å². The zero-order valence-corrected chi connectivity index (χ0v) is 12.8. The zero-order chi connectivity index (χ0) is 15.3. The molecule has 1 fully saturated rings. The van der Waals surface area contributed by atoms with Crippen LogP contribution in [0.25, 0.3) is 0 Å². The van der Waals surface area contributed by atoms with Crippen LogP contribution in [0.1, 0.15) is 27.4 Å². The number of aryl methyl sites for hydroxylation is 1. The van der Waals surface area contributed by atoms with Gasteiger partial charge in [0, 0.05) is 18.1 Å². The largest absolute Gasteiger partial charge is 0.394 e. The van der Waals surface area contributed by atoms with E-state index in [1.165, 1.54) is 11.3 Å². The van der Waals surface area contributed by atoms with Gasteiger partial charge in [-0.2, -0.15) is 0 Å². The number of amides is 2. The van der Waals surface area contributed by atoms with Gasteiger partial charge in [0.05, 0.1) is 23.6 Å². The van der Waals surface area contributed by atoms with Gasteiger partial charge in [0.1, 0.15) is 0 Å². The Morgan fingerprint density at radius 3 is 2.67 bits per heavy atom. The van der Waals surface area contributed by atoms with E-state index in [1.807, 2.05) is 13.0 Å². The van der Waals surface area contributed by atoms with Crippen molar-refractivity contribution in [3.8, 4) is 0 Å². The Kier molecular flexibility index (Phi) is 5.33. The minimum atomic E-state index is -0.625. The molecule has 0 bridgehead atoms. The molecule has 7 heteroatoms. The number of thiophene rings is 1. The number of rotatable bonds is 5. The average Bonchev–Trinajstić information content (AvgIpc) is 2.92. The predicted octanol–water partition coefficient (Wildman–Crippen LogP) is 0.444. The summed E-state index contributed by atoms with van der Waals surface area (Å²) < 4.78 is 5.24. The van der Waals surface area contributed by atoms with Crippen molar-refractivity contribution >= 4 is 23.2 Å². The normalized spacial score (nSPS) is 17.2. The van der Waals surface area contributed by atoms with Gasteiger partial charge in [0.15, 0.2) is 0 Å². The Morgan fingerprint density at radius 2 is 2.10 bits per heavy atom. The third-order valence-corrected chi connectivity index (χ3v) is 4.53. The lowest BCUT2D eigenvalue weighted by Gasteiger charge is -2.36. The minimum absolute atomic E-state index is 0.0988. The summed E-state index contributed by atoms with van der Waals surface area (Å²) in [6, 6.07) is 3.60. The van der Waals surface area contributed by atoms with Crippen molar-refractivity contribution in [2.45, 2.75) is 25.3 Å². The lowest BCUT2D eigenvalue weighted by atomic mass is 9.91. The molecule has 0 radical (unpaired) electrons. The molecule has 0 aliphatic carbocycles. The van der Waals surface area contributed by atoms with E-state index in [0.717, 1.165) is 4.88 Å². The number of carbonyl (C=O) groups is 2. The minimum Gasteiger partial charge on any atom is -0.394 e. The summed E-state index contributed by atoms with van der Waals surface area (Å²) in [5, 5.41) is 14.9. The summed E-state index contributed by atoms with van der Waals surface area (Å²) in [7, 11) is 0. The molecule has 21 heavy (non-hydrogen) atoms. The van der Waals surface area contributed by atoms with Crippen LogP contribution >= 0.6 is 11.3 Å². The molecule has 1 aliphatic heterocycles. The Hall–Kier alpha value is -1.44. The molecule has 0 spiro atoms. The fourth-order valence-corrected chi connectivity index (χ4v) is 3.01. The maximum Gasteiger partial charge on any atom is 0.261 e. The summed E-state index contributed by atoms with van der Waals surface area (Å²) in [5.41, 5.74) is -0.625. The molecule has 0 unspecified atom stereocenters. The van der Waals surface area contributed by atoms with E-state index in [0.29, 0.717) is 30.9 Å². The van der Waals surface area contributed by atoms with E-state index < -0.39 is 5.54 Å². The van der Waals surface area contributed by atoms with E-state index in [9.17, 15) is 14.7 Å². The van der Waals surface area contributed by atoms with Gasteiger partial charge in [-0.15, -0.1) is 11.3 Å². The predicted molar refractivity (Wildman–Crippen MR) is 79.4 cm³/mol. The summed E-state index contributed by atoms with van der Waals surface area (Å²) >= 11 is 1.39. The van der Waals surface area contributed by atoms with Crippen LogP contribution < -0.4 is 10.6 Å². The van der Waals surface area contributed by atoms with Gasteiger partial charge in [0.2, 0.25) is 5.91 Å². The van der Waals surface area contributed by atoms with Crippen LogP contribution in [0, 0.1) is 6.92 Å². The van der Waals surface area contributed by atoms with Gasteiger partial charge in [-0.3, -0.25) is 9.59 Å². The number of aliphatic hydroxyl groups is 1. The van der Waals surface area contributed by atoms with E-state index in [1.54, 1.807) is 6.07 Å². The first-order valence-corrected chi connectivity index (χ1v) is 7.71. The first-order chi connectivity index (χ1) is 10.0. The number of ether oxygens (including phenoxy) is 1. The van der Waals surface area contributed by atoms with Crippen molar-refractivity contribution in [3.63, 3.8) is 0 Å². The Balaban J connectivity index is 1.82. The summed E-state index contributed by atoms with van der Waals surface area (Å²) in [5.74, 6) is -0.555. The van der Waals surface area contributed by atoms with Crippen LogP contribution in [0.15, 0.2) is 12.1 Å². The second-order valence-electron chi connectivity index (χ2n) is 5.19. The van der Waals surface area contributed by atoms with Crippen LogP contribution in [0.2, 0.25) is 0 Å². The molecule has 1 aliphatic rings. The molecule has 3 N–H and O–H groups in total. The van der Waals surface area contributed by atoms with Crippen LogP contribution in [0.3, 0.4) is 0 Å². The van der Waals surface area contributed by atoms with Gasteiger partial charge in [-0.05, 0) is 31.9 Å². The molecular weight excluding hydrogens is 292 g/mol. The van der Waals surface area contributed by atoms with Crippen LogP contribution in [0.5, 0.6) is 0 Å². The molecular formula is C14H20N2O4S. The highest BCUT2D eigenvalue weighted by Crippen LogP contribution is 2.19. The highest BCUT2D eigenvalue weighted by molar-refractivity contribution is 7.13. The smallest absolute Gasteiger partial charge is 0.261 e. The van der Waals surface area contributed by atoms with E-state index in [-0.39, 0.29) is 25.0 Å². The molecule has 6 nitrogen and oxygen atoms in total. The topological polar surface area (TPSA) is 87.7 Å². The zero-order valence-electron chi connectivity index (χ0n) is 12.0. The highest BCUT2D eigenvalue weighted by Gasteiger charge is 2.33. The first-order valence-electron chi connectivity index (χ1n) is 6.89. The number of hydrogen-bond acceptors (Lipinski definition) is 5. The number of nitrogens with one attached hydrogen (secondary N) is 2. The van der Waals surface area contributed by atoms with E-state index in [2.05, 4.69) is 10.6 Å². The lowest BCUT2D eigenvalue weighted by molar-refractivity contribution is -0.124. The van der Waals surface area contributed by atoms with Crippen LogP contribution in [-0.4, -0.2) is 48.8 Å². The maximum absolute atomic E-state index is 11.9. The van der Waals surface area contributed by atoms with Crippen molar-refractivity contribution in [1.82, 2.24) is 10.6 Å². The fourth-order valence-electron chi connectivity index (χ4n) is 2.23. The third kappa shape index (κ3) is 4.26. The SMILES string of the molecule is Cc1ccc(C(=O)NCC(=O)NC2(CO)CCOCC2)s1. The van der Waals surface area contributed by atoms with E-state index in [4.69, 9.17) is 4.74 Å². The van der Waals surface area contributed by atoms with Crippen molar-refractivity contribution in [2.75, 3.05) is 26.4 Å². The number of hydrogen-bond donors (Lipinski definition) is 3. The molecule has 2 amide bonds. The van der Waals surface area contributed by atoms with Crippen LogP contribution in [0.4, 0.5) is 0 Å². The third-order valence-electron chi connectivity index (χ3n) is 3.53. The number of aliphatic hydroxyl groups excluding tert-OH is 1. The first kappa shape index (κ1) is 15.9. The summed E-state index contributed by atoms with van der Waals surface area (Å²) in [6.07, 6.45) is 1.15. The second-order valence-corrected chi connectivity index (χ2v) is 6.48. The Bertz CT molecular complexity index is 509. The Morgan fingerprint density at radius 1 is 1.38 bits per heavy atom. The lowest BCUT2D eigenvalue weighted by Crippen LogP contribution is -2.56. The molecule has 2 heterocycles. The number of carbonyl (C=O) groups excluding carboxylic acids is 2. The van der Waals surface area contributed by atoms with Crippen molar-refractivity contribution in [3.05, 3.63) is 21.9 Å². The van der Waals surface area contributed by atoms with E-state index >= 15 is 0 Å². The molecule has 1 aromatic rings. The fraction of sp³-hybridized carbons (Fsp3) is 0.571. The van der Waals surface area contributed by atoms with Gasteiger partial charge in [0.25, 0.3) is 5.91 Å². The monoisotopic (exact) mass is 312 g/mol. The second kappa shape index (κ2) is 7.02. The summed E-state index contributed by atoms with van der Waals surface area (Å²) in [6.45, 7) is 2.73. The molecule has 0 saturated carbocycles. The Labute approximate surface area is 127 Å². The maximum atomic E-state index is 11.9. The highest BCUT2D eigenvalue weighted by atomic mass is 32.1. The van der Waals surface area contributed by atoms with Gasteiger partial charge in [-0.1, -0.05) is 0 Å². The summed E-state index contributed by atoms with van der Waals surface area (Å²) in [4.78, 5) is 25.4. The average molecular weight is 312 g/mol. The molecule has 1 saturated heterocycles. The standard InChI is InChI=1S/C14H20N2O4S/c1-10-2-3-11(21-10)13(19)15-8-12(18)16-14(9-17)4-6-20-7-5-14/h2-3,17H,4-9H2,1H3,(H,15,19)(H,16,18). The molecule has 1 aromatic heterocycles. The molecule has 2 rings (SSSR count). The van der Waals surface area contributed by atoms with Crippen molar-refractivity contribution < 1.29 is 19.4 Å². The van der Waals surface area contributed by atoms with Gasteiger partial charge in [-0.25, -0.2) is 0 Å². The molecule has 116 valence electrons. The molecule has 0 atom stereocenters. The van der Waals surface area contributed by atoms with Crippen LogP contribution in [-0.2, 0) is 9.53 Å². The molecule has 0 aromatic carbocycles. The van der Waals surface area contributed by atoms with Crippen molar-refractivity contribution in [1.29, 1.82) is 0 Å². The quantitative estimate of drug-likeness (QED) is 0.736. The van der Waals surface area contributed by atoms with Gasteiger partial charge >= 0.3 is 0 Å².